The highest BCUT2D eigenvalue weighted by Gasteiger charge is 2.22. The van der Waals surface area contributed by atoms with E-state index in [2.05, 4.69) is 6.92 Å². The molecule has 17 heavy (non-hydrogen) atoms. The van der Waals surface area contributed by atoms with Gasteiger partial charge < -0.3 is 15.2 Å². The number of benzene rings is 1. The molecule has 4 heteroatoms. The quantitative estimate of drug-likeness (QED) is 0.617. The lowest BCUT2D eigenvalue weighted by Crippen LogP contribution is -2.18. The van der Waals surface area contributed by atoms with Crippen LogP contribution in [-0.4, -0.2) is 24.7 Å². The Morgan fingerprint density at radius 2 is 2.35 bits per heavy atom. The molecule has 0 saturated carbocycles. The van der Waals surface area contributed by atoms with Crippen molar-refractivity contribution < 1.29 is 9.47 Å². The number of ether oxygens (including phenoxy) is 2. The summed E-state index contributed by atoms with van der Waals surface area (Å²) >= 11 is 0. The van der Waals surface area contributed by atoms with Crippen LogP contribution in [0.1, 0.15) is 25.3 Å². The summed E-state index contributed by atoms with van der Waals surface area (Å²) in [5.41, 5.74) is 6.11. The van der Waals surface area contributed by atoms with Gasteiger partial charge >= 0.3 is 0 Å². The average molecular weight is 234 g/mol. The predicted octanol–water partition coefficient (Wildman–Crippen LogP) is 1.92. The molecule has 4 nitrogen and oxygen atoms in total. The smallest absolute Gasteiger partial charge is 0.122 e. The normalized spacial score (nSPS) is 23.6. The van der Waals surface area contributed by atoms with Gasteiger partial charge in [0.25, 0.3) is 0 Å². The first-order chi connectivity index (χ1) is 8.15. The van der Waals surface area contributed by atoms with E-state index in [0.717, 1.165) is 18.6 Å². The third-order valence-electron chi connectivity index (χ3n) is 2.90. The molecule has 0 radical (unpaired) electrons. The lowest BCUT2D eigenvalue weighted by Gasteiger charge is -2.13. The second kappa shape index (κ2) is 5.19. The van der Waals surface area contributed by atoms with E-state index >= 15 is 0 Å². The highest BCUT2D eigenvalue weighted by molar-refractivity contribution is 5.95. The lowest BCUT2D eigenvalue weighted by molar-refractivity contribution is 0.0264. The van der Waals surface area contributed by atoms with Crippen molar-refractivity contribution in [2.75, 3.05) is 6.61 Å². The first kappa shape index (κ1) is 11.9. The van der Waals surface area contributed by atoms with Crippen molar-refractivity contribution in [2.24, 2.45) is 5.73 Å². The predicted molar refractivity (Wildman–Crippen MR) is 66.5 cm³/mol. The molecule has 2 rings (SSSR count). The van der Waals surface area contributed by atoms with E-state index in [9.17, 15) is 0 Å². The maximum absolute atomic E-state index is 7.36. The van der Waals surface area contributed by atoms with E-state index in [-0.39, 0.29) is 11.9 Å². The van der Waals surface area contributed by atoms with Crippen LogP contribution in [0.3, 0.4) is 0 Å². The summed E-state index contributed by atoms with van der Waals surface area (Å²) in [5, 5.41) is 7.36. The minimum absolute atomic E-state index is 0.0567. The van der Waals surface area contributed by atoms with Gasteiger partial charge in [0.1, 0.15) is 18.2 Å². The molecule has 2 unspecified atom stereocenters. The fourth-order valence-electron chi connectivity index (χ4n) is 1.95. The summed E-state index contributed by atoms with van der Waals surface area (Å²) in [5.74, 6) is 0.794. The molecule has 1 aliphatic heterocycles. The Morgan fingerprint density at radius 1 is 1.53 bits per heavy atom. The fourth-order valence-corrected chi connectivity index (χ4v) is 1.95. The third-order valence-corrected chi connectivity index (χ3v) is 2.90. The molecule has 0 spiro atoms. The van der Waals surface area contributed by atoms with Crippen molar-refractivity contribution in [2.45, 2.75) is 32.0 Å². The number of nitrogens with one attached hydrogen (secondary N) is 1. The molecule has 92 valence electrons. The molecule has 1 aliphatic rings. The number of rotatable bonds is 4. The van der Waals surface area contributed by atoms with Crippen molar-refractivity contribution in [1.82, 2.24) is 0 Å². The van der Waals surface area contributed by atoms with Crippen LogP contribution in [0.5, 0.6) is 5.75 Å². The number of hydrogen-bond acceptors (Lipinski definition) is 3. The van der Waals surface area contributed by atoms with Crippen LogP contribution in [0.2, 0.25) is 0 Å². The van der Waals surface area contributed by atoms with Crippen LogP contribution in [0.4, 0.5) is 0 Å². The van der Waals surface area contributed by atoms with E-state index in [0.29, 0.717) is 18.3 Å². The molecule has 3 N–H and O–H groups in total. The molecule has 2 atom stereocenters. The Hall–Kier alpha value is -1.55. The molecule has 0 aliphatic carbocycles. The first-order valence-electron chi connectivity index (χ1n) is 5.88. The fraction of sp³-hybridized carbons (Fsp3) is 0.462. The minimum Gasteiger partial charge on any atom is -0.491 e. The largest absolute Gasteiger partial charge is 0.491 e. The van der Waals surface area contributed by atoms with Gasteiger partial charge in [0.15, 0.2) is 0 Å². The minimum atomic E-state index is 0.0567. The second-order valence-corrected chi connectivity index (χ2v) is 4.40. The summed E-state index contributed by atoms with van der Waals surface area (Å²) in [6.45, 7) is 2.64. The first-order valence-corrected chi connectivity index (χ1v) is 5.88. The van der Waals surface area contributed by atoms with Crippen LogP contribution in [0.25, 0.3) is 0 Å². The Balaban J connectivity index is 1.90. The molecule has 1 saturated heterocycles. The molecular formula is C13H18N2O2. The highest BCUT2D eigenvalue weighted by Crippen LogP contribution is 2.20. The van der Waals surface area contributed by atoms with Gasteiger partial charge in [-0.2, -0.15) is 0 Å². The zero-order valence-corrected chi connectivity index (χ0v) is 9.98. The van der Waals surface area contributed by atoms with Gasteiger partial charge in [-0.25, -0.2) is 0 Å². The Morgan fingerprint density at radius 3 is 3.00 bits per heavy atom. The van der Waals surface area contributed by atoms with E-state index in [1.54, 1.807) is 12.1 Å². The van der Waals surface area contributed by atoms with Crippen LogP contribution in [-0.2, 0) is 4.74 Å². The van der Waals surface area contributed by atoms with Crippen LogP contribution in [0.15, 0.2) is 24.3 Å². The molecular weight excluding hydrogens is 216 g/mol. The standard InChI is InChI=1S/C13H18N2O2/c1-9-5-6-12(17-9)8-16-11-4-2-3-10(7-11)13(14)15/h2-4,7,9,12H,5-6,8H2,1H3,(H3,14,15). The van der Waals surface area contributed by atoms with E-state index in [4.69, 9.17) is 20.6 Å². The Kier molecular flexibility index (Phi) is 3.64. The Labute approximate surface area is 101 Å². The molecule has 1 aromatic rings. The molecule has 0 aromatic heterocycles. The van der Waals surface area contributed by atoms with Crippen molar-refractivity contribution >= 4 is 5.84 Å². The summed E-state index contributed by atoms with van der Waals surface area (Å²) in [7, 11) is 0. The van der Waals surface area contributed by atoms with Crippen LogP contribution in [0, 0.1) is 5.41 Å². The van der Waals surface area contributed by atoms with Crippen molar-refractivity contribution in [3.8, 4) is 5.75 Å². The van der Waals surface area contributed by atoms with E-state index in [1.165, 1.54) is 0 Å². The molecule has 0 amide bonds. The zero-order chi connectivity index (χ0) is 12.3. The maximum Gasteiger partial charge on any atom is 0.122 e. The summed E-state index contributed by atoms with van der Waals surface area (Å²) in [6.07, 6.45) is 2.67. The van der Waals surface area contributed by atoms with Gasteiger partial charge in [-0.1, -0.05) is 12.1 Å². The van der Waals surface area contributed by atoms with Gasteiger partial charge in [0.2, 0.25) is 0 Å². The van der Waals surface area contributed by atoms with Gasteiger partial charge in [-0.05, 0) is 31.9 Å². The SMILES string of the molecule is CC1CCC(COc2cccc(C(=N)N)c2)O1. The van der Waals surface area contributed by atoms with E-state index in [1.807, 2.05) is 12.1 Å². The van der Waals surface area contributed by atoms with Crippen molar-refractivity contribution in [3.05, 3.63) is 29.8 Å². The average Bonchev–Trinajstić information content (AvgIpc) is 2.73. The van der Waals surface area contributed by atoms with Gasteiger partial charge in [0.05, 0.1) is 12.2 Å². The van der Waals surface area contributed by atoms with Gasteiger partial charge in [-0.15, -0.1) is 0 Å². The molecule has 0 bridgehead atoms. The number of amidine groups is 1. The van der Waals surface area contributed by atoms with Gasteiger partial charge in [-0.3, -0.25) is 5.41 Å². The summed E-state index contributed by atoms with van der Waals surface area (Å²) in [6, 6.07) is 7.28. The molecule has 1 heterocycles. The molecule has 1 aromatic carbocycles. The highest BCUT2D eigenvalue weighted by atomic mass is 16.5. The lowest BCUT2D eigenvalue weighted by atomic mass is 10.2. The van der Waals surface area contributed by atoms with E-state index < -0.39 is 0 Å². The summed E-state index contributed by atoms with van der Waals surface area (Å²) in [4.78, 5) is 0. The topological polar surface area (TPSA) is 68.3 Å². The van der Waals surface area contributed by atoms with Crippen LogP contribution < -0.4 is 10.5 Å². The molecule has 1 fully saturated rings. The van der Waals surface area contributed by atoms with Crippen molar-refractivity contribution in [3.63, 3.8) is 0 Å². The van der Waals surface area contributed by atoms with Crippen LogP contribution >= 0.6 is 0 Å². The number of nitrogen functional groups attached to an aromatic ring is 1. The number of nitrogens with two attached hydrogens (primary N) is 1. The maximum atomic E-state index is 7.36. The Bertz CT molecular complexity index is 406. The number of hydrogen-bond donors (Lipinski definition) is 2. The second-order valence-electron chi connectivity index (χ2n) is 4.40. The third kappa shape index (κ3) is 3.20. The monoisotopic (exact) mass is 234 g/mol. The zero-order valence-electron chi connectivity index (χ0n) is 9.98. The summed E-state index contributed by atoms with van der Waals surface area (Å²) < 4.78 is 11.3. The van der Waals surface area contributed by atoms with Gasteiger partial charge in [0, 0.05) is 5.56 Å². The van der Waals surface area contributed by atoms with Crippen molar-refractivity contribution in [1.29, 1.82) is 5.41 Å².